The first kappa shape index (κ1) is 27.8. The lowest BCUT2D eigenvalue weighted by molar-refractivity contribution is -0.133. The Morgan fingerprint density at radius 3 is 2.68 bits per heavy atom. The number of aromatic nitrogens is 5. The van der Waals surface area contributed by atoms with Gasteiger partial charge in [-0.3, -0.25) is 19.6 Å². The second-order valence-electron chi connectivity index (χ2n) is 12.0. The maximum atomic E-state index is 13.8. The highest BCUT2D eigenvalue weighted by Gasteiger charge is 2.40. The van der Waals surface area contributed by atoms with E-state index >= 15 is 0 Å². The van der Waals surface area contributed by atoms with Crippen molar-refractivity contribution in [2.45, 2.75) is 76.2 Å². The predicted octanol–water partition coefficient (Wildman–Crippen LogP) is 3.43. The van der Waals surface area contributed by atoms with Gasteiger partial charge < -0.3 is 10.6 Å². The topological polar surface area (TPSA) is 134 Å². The minimum absolute atomic E-state index is 0.0279. The van der Waals surface area contributed by atoms with Crippen LogP contribution in [0.4, 0.5) is 14.7 Å². The number of alkyl halides is 2. The fourth-order valence-corrected chi connectivity index (χ4v) is 7.28. The Hall–Kier alpha value is -3.32. The number of aromatic amines is 1. The molecule has 3 aromatic heterocycles. The SMILES string of the molecule is CC1(C)Cc2cnc(N)nc2-c2n[nH]c(C(=O)Cc3nc(CC(=O)N4CCC(N5CCCC(F)(F)C5)CC4)cs3)c21. The van der Waals surface area contributed by atoms with Crippen LogP contribution in [-0.4, -0.2) is 84.8 Å². The molecule has 0 saturated carbocycles. The minimum atomic E-state index is -2.61. The number of nitrogens with two attached hydrogens (primary N) is 1. The molecule has 6 rings (SSSR count). The largest absolute Gasteiger partial charge is 0.368 e. The molecule has 1 amide bonds. The fraction of sp³-hybridized carbons (Fsp3) is 0.571. The van der Waals surface area contributed by atoms with E-state index in [0.717, 1.165) is 11.1 Å². The Morgan fingerprint density at radius 1 is 1.15 bits per heavy atom. The van der Waals surface area contributed by atoms with Crippen LogP contribution >= 0.6 is 11.3 Å². The molecule has 10 nitrogen and oxygen atoms in total. The first-order valence-electron chi connectivity index (χ1n) is 14.1. The van der Waals surface area contributed by atoms with Crippen LogP contribution in [0, 0.1) is 0 Å². The number of rotatable bonds is 6. The van der Waals surface area contributed by atoms with Gasteiger partial charge in [0.25, 0.3) is 5.92 Å². The zero-order valence-electron chi connectivity index (χ0n) is 23.3. The van der Waals surface area contributed by atoms with E-state index in [1.54, 1.807) is 11.1 Å². The number of fused-ring (bicyclic) bond motifs is 3. The van der Waals surface area contributed by atoms with Crippen molar-refractivity contribution >= 4 is 29.0 Å². The molecule has 5 heterocycles. The van der Waals surface area contributed by atoms with Crippen molar-refractivity contribution < 1.29 is 18.4 Å². The third-order valence-corrected chi connectivity index (χ3v) is 9.36. The van der Waals surface area contributed by atoms with Gasteiger partial charge in [0.1, 0.15) is 16.4 Å². The van der Waals surface area contributed by atoms with Crippen LogP contribution in [0.15, 0.2) is 11.6 Å². The van der Waals surface area contributed by atoms with E-state index < -0.39 is 5.92 Å². The number of nitrogens with zero attached hydrogens (tertiary/aromatic N) is 6. The summed E-state index contributed by atoms with van der Waals surface area (Å²) in [4.78, 5) is 43.2. The number of nitrogens with one attached hydrogen (secondary N) is 1. The Kier molecular flexibility index (Phi) is 7.13. The number of piperidine rings is 2. The number of hydrogen-bond acceptors (Lipinski definition) is 9. The molecule has 3 N–H and O–H groups in total. The van der Waals surface area contributed by atoms with Crippen LogP contribution in [0.2, 0.25) is 0 Å². The lowest BCUT2D eigenvalue weighted by atomic mass is 9.73. The molecule has 13 heteroatoms. The first-order chi connectivity index (χ1) is 19.5. The molecule has 3 aromatic rings. The van der Waals surface area contributed by atoms with E-state index in [2.05, 4.69) is 39.0 Å². The molecule has 0 spiro atoms. The Bertz CT molecular complexity index is 1480. The molecule has 1 aliphatic carbocycles. The number of Topliss-reactive ketones (excluding diaryl/α,β-unsaturated/α-hetero) is 1. The molecule has 0 bridgehead atoms. The van der Waals surface area contributed by atoms with Crippen LogP contribution in [0.1, 0.15) is 71.8 Å². The number of carbonyl (C=O) groups excluding carboxylic acids is 2. The summed E-state index contributed by atoms with van der Waals surface area (Å²) in [5.41, 5.74) is 9.56. The maximum absolute atomic E-state index is 13.8. The molecule has 2 aliphatic heterocycles. The highest BCUT2D eigenvalue weighted by molar-refractivity contribution is 7.09. The van der Waals surface area contributed by atoms with Gasteiger partial charge in [-0.25, -0.2) is 23.7 Å². The van der Waals surface area contributed by atoms with Gasteiger partial charge in [-0.05, 0) is 43.2 Å². The van der Waals surface area contributed by atoms with Crippen LogP contribution < -0.4 is 5.73 Å². The molecule has 0 aromatic carbocycles. The summed E-state index contributed by atoms with van der Waals surface area (Å²) in [6, 6.07) is 0.0959. The van der Waals surface area contributed by atoms with E-state index in [0.29, 0.717) is 73.1 Å². The first-order valence-corrected chi connectivity index (χ1v) is 14.9. The summed E-state index contributed by atoms with van der Waals surface area (Å²) in [5.74, 6) is -2.61. The van der Waals surface area contributed by atoms with Crippen LogP contribution in [0.25, 0.3) is 11.4 Å². The maximum Gasteiger partial charge on any atom is 0.260 e. The van der Waals surface area contributed by atoms with E-state index in [-0.39, 0.29) is 54.9 Å². The number of likely N-dealkylation sites (tertiary alicyclic amines) is 2. The van der Waals surface area contributed by atoms with Crippen LogP contribution in [0.3, 0.4) is 0 Å². The summed E-state index contributed by atoms with van der Waals surface area (Å²) < 4.78 is 27.7. The van der Waals surface area contributed by atoms with Gasteiger partial charge in [-0.1, -0.05) is 13.8 Å². The predicted molar refractivity (Wildman–Crippen MR) is 150 cm³/mol. The smallest absolute Gasteiger partial charge is 0.260 e. The monoisotopic (exact) mass is 584 g/mol. The number of hydrogen-bond donors (Lipinski definition) is 2. The molecule has 218 valence electrons. The van der Waals surface area contributed by atoms with Gasteiger partial charge in [0.2, 0.25) is 11.9 Å². The van der Waals surface area contributed by atoms with Gasteiger partial charge in [0, 0.05) is 42.7 Å². The van der Waals surface area contributed by atoms with Crippen molar-refractivity contribution in [2.24, 2.45) is 0 Å². The number of nitrogen functional groups attached to an aromatic ring is 1. The summed E-state index contributed by atoms with van der Waals surface area (Å²) in [6.45, 7) is 5.76. The Balaban J connectivity index is 1.07. The minimum Gasteiger partial charge on any atom is -0.368 e. The number of carbonyl (C=O) groups is 2. The molecule has 0 atom stereocenters. The third-order valence-electron chi connectivity index (χ3n) is 8.46. The van der Waals surface area contributed by atoms with Gasteiger partial charge in [0.15, 0.2) is 5.78 Å². The van der Waals surface area contributed by atoms with Crippen molar-refractivity contribution in [1.82, 2.24) is 34.9 Å². The molecule has 41 heavy (non-hydrogen) atoms. The van der Waals surface area contributed by atoms with Crippen LogP contribution in [-0.2, 0) is 29.5 Å². The quantitative estimate of drug-likeness (QED) is 0.421. The van der Waals surface area contributed by atoms with Crippen molar-refractivity contribution in [1.29, 1.82) is 0 Å². The summed E-state index contributed by atoms with van der Waals surface area (Å²) >= 11 is 1.36. The normalized spacial score (nSPS) is 20.4. The van der Waals surface area contributed by atoms with E-state index in [1.807, 2.05) is 10.3 Å². The average molecular weight is 585 g/mol. The number of thiazole rings is 1. The van der Waals surface area contributed by atoms with Crippen molar-refractivity contribution in [3.63, 3.8) is 0 Å². The van der Waals surface area contributed by atoms with Gasteiger partial charge >= 0.3 is 0 Å². The zero-order valence-corrected chi connectivity index (χ0v) is 24.1. The molecular weight excluding hydrogens is 550 g/mol. The molecule has 3 aliphatic rings. The van der Waals surface area contributed by atoms with Crippen molar-refractivity contribution in [2.75, 3.05) is 31.9 Å². The standard InChI is InChI=1S/C28H34F2N8O2S/c1-27(2)12-16-13-32-26(31)34-23(16)25-22(27)24(35-36-25)19(39)11-20-33-17(14-41-20)10-21(40)37-8-4-18(5-9-37)38-7-3-6-28(29,30)15-38/h13-14,18H,3-12,15H2,1-2H3,(H,35,36)(H2,31,32,34). The number of anilines is 1. The molecule has 2 fully saturated rings. The lowest BCUT2D eigenvalue weighted by Crippen LogP contribution is -2.52. The number of ketones is 1. The van der Waals surface area contributed by atoms with Crippen LogP contribution in [0.5, 0.6) is 0 Å². The lowest BCUT2D eigenvalue weighted by Gasteiger charge is -2.42. The summed E-state index contributed by atoms with van der Waals surface area (Å²) in [6.07, 6.45) is 4.49. The zero-order chi connectivity index (χ0) is 28.9. The second kappa shape index (κ2) is 10.5. The Morgan fingerprint density at radius 2 is 1.93 bits per heavy atom. The summed E-state index contributed by atoms with van der Waals surface area (Å²) in [7, 11) is 0. The van der Waals surface area contributed by atoms with Crippen molar-refractivity contribution in [3.8, 4) is 11.4 Å². The van der Waals surface area contributed by atoms with Gasteiger partial charge in [-0.15, -0.1) is 11.3 Å². The van der Waals surface area contributed by atoms with E-state index in [9.17, 15) is 18.4 Å². The molecule has 0 unspecified atom stereocenters. The van der Waals surface area contributed by atoms with Gasteiger partial charge in [-0.2, -0.15) is 5.10 Å². The second-order valence-corrected chi connectivity index (χ2v) is 13.0. The number of amides is 1. The number of halogens is 2. The molecule has 2 saturated heterocycles. The fourth-order valence-electron chi connectivity index (χ4n) is 6.49. The number of H-pyrrole nitrogens is 1. The van der Waals surface area contributed by atoms with E-state index in [1.165, 1.54) is 11.3 Å². The van der Waals surface area contributed by atoms with Crippen molar-refractivity contribution in [3.05, 3.63) is 39.1 Å². The highest BCUT2D eigenvalue weighted by Crippen LogP contribution is 2.43. The molecule has 0 radical (unpaired) electrons. The summed E-state index contributed by atoms with van der Waals surface area (Å²) in [5, 5.41) is 9.83. The Labute approximate surface area is 240 Å². The molecular formula is C28H34F2N8O2S. The highest BCUT2D eigenvalue weighted by atomic mass is 32.1. The average Bonchev–Trinajstić information content (AvgIpc) is 3.57. The van der Waals surface area contributed by atoms with E-state index in [4.69, 9.17) is 5.73 Å². The van der Waals surface area contributed by atoms with Gasteiger partial charge in [0.05, 0.1) is 30.8 Å². The third kappa shape index (κ3) is 5.61.